The molecule has 1 N–H and O–H groups in total. The lowest BCUT2D eigenvalue weighted by molar-refractivity contribution is 0.0647. The zero-order valence-electron chi connectivity index (χ0n) is 19.4. The third kappa shape index (κ3) is 5.15. The third-order valence-electron chi connectivity index (χ3n) is 6.64. The van der Waals surface area contributed by atoms with Gasteiger partial charge in [0.2, 0.25) is 0 Å². The van der Waals surface area contributed by atoms with Gasteiger partial charge in [-0.15, -0.1) is 5.10 Å². The summed E-state index contributed by atoms with van der Waals surface area (Å²) in [4.78, 5) is 18.3. The summed E-state index contributed by atoms with van der Waals surface area (Å²) in [6, 6.07) is 6.20. The van der Waals surface area contributed by atoms with Gasteiger partial charge in [0.1, 0.15) is 0 Å². The predicted octanol–water partition coefficient (Wildman–Crippen LogP) is 2.49. The lowest BCUT2D eigenvalue weighted by Crippen LogP contribution is -2.34. The van der Waals surface area contributed by atoms with E-state index in [0.29, 0.717) is 19.6 Å². The Balaban J connectivity index is 1.40. The first-order valence-electron chi connectivity index (χ1n) is 11.9. The van der Waals surface area contributed by atoms with Gasteiger partial charge in [0, 0.05) is 42.8 Å². The predicted molar refractivity (Wildman–Crippen MR) is 124 cm³/mol. The molecule has 2 aromatic heterocycles. The number of pyridine rings is 1. The molecule has 2 aliphatic heterocycles. The second-order valence-corrected chi connectivity index (χ2v) is 9.38. The van der Waals surface area contributed by atoms with Crippen molar-refractivity contribution in [1.29, 1.82) is 0 Å². The highest BCUT2D eigenvalue weighted by molar-refractivity contribution is 5.83. The van der Waals surface area contributed by atoms with E-state index in [-0.39, 0.29) is 17.8 Å². The van der Waals surface area contributed by atoms with Crippen molar-refractivity contribution in [2.45, 2.75) is 71.4 Å². The maximum absolute atomic E-state index is 13.0. The number of aromatic amines is 1. The Morgan fingerprint density at radius 1 is 1.09 bits per heavy atom. The summed E-state index contributed by atoms with van der Waals surface area (Å²) in [5.74, 6) is 0.785. The van der Waals surface area contributed by atoms with Gasteiger partial charge in [-0.25, -0.2) is 4.68 Å². The first-order valence-corrected chi connectivity index (χ1v) is 11.9. The number of rotatable bonds is 8. The Hall–Kier alpha value is -2.62. The molecule has 3 aromatic rings. The van der Waals surface area contributed by atoms with Crippen LogP contribution in [-0.2, 0) is 29.1 Å². The molecule has 9 nitrogen and oxygen atoms in total. The minimum atomic E-state index is -0.0520. The van der Waals surface area contributed by atoms with Crippen molar-refractivity contribution < 1.29 is 9.47 Å². The fourth-order valence-electron chi connectivity index (χ4n) is 5.00. The van der Waals surface area contributed by atoms with Crippen molar-refractivity contribution in [2.24, 2.45) is 0 Å². The summed E-state index contributed by atoms with van der Waals surface area (Å²) in [5, 5.41) is 13.5. The van der Waals surface area contributed by atoms with Crippen molar-refractivity contribution in [2.75, 3.05) is 19.8 Å². The summed E-state index contributed by atoms with van der Waals surface area (Å²) < 4.78 is 13.5. The Morgan fingerprint density at radius 3 is 2.64 bits per heavy atom. The SMILES string of the molecule is Cc1cc(C)c2cc(CN(Cc3nnnn3C[C@H]3CCCO3)C[C@@H]3CCCO3)c(=O)[nH]c2c1. The van der Waals surface area contributed by atoms with Crippen LogP contribution >= 0.6 is 0 Å². The van der Waals surface area contributed by atoms with Gasteiger partial charge in [0.15, 0.2) is 5.82 Å². The van der Waals surface area contributed by atoms with Crippen LogP contribution in [0.5, 0.6) is 0 Å². The normalized spacial score (nSPS) is 20.9. The molecule has 0 saturated carbocycles. The Bertz CT molecular complexity index is 1160. The van der Waals surface area contributed by atoms with E-state index in [1.165, 1.54) is 0 Å². The van der Waals surface area contributed by atoms with Gasteiger partial charge in [-0.2, -0.15) is 0 Å². The number of fused-ring (bicyclic) bond motifs is 1. The van der Waals surface area contributed by atoms with Crippen LogP contribution in [0.25, 0.3) is 10.9 Å². The third-order valence-corrected chi connectivity index (χ3v) is 6.64. The molecule has 2 atom stereocenters. The topological polar surface area (TPSA) is 98.2 Å². The van der Waals surface area contributed by atoms with Crippen LogP contribution in [0.1, 0.15) is 48.2 Å². The fourth-order valence-corrected chi connectivity index (χ4v) is 5.00. The zero-order chi connectivity index (χ0) is 22.8. The van der Waals surface area contributed by atoms with Crippen molar-refractivity contribution in [3.8, 4) is 0 Å². The lowest BCUT2D eigenvalue weighted by atomic mass is 10.0. The average Bonchev–Trinajstić information content (AvgIpc) is 3.54. The molecule has 2 aliphatic rings. The number of hydrogen-bond acceptors (Lipinski definition) is 7. The van der Waals surface area contributed by atoms with Crippen LogP contribution in [0.3, 0.4) is 0 Å². The van der Waals surface area contributed by atoms with E-state index in [1.54, 1.807) is 0 Å². The smallest absolute Gasteiger partial charge is 0.252 e. The van der Waals surface area contributed by atoms with Gasteiger partial charge in [-0.1, -0.05) is 6.07 Å². The molecule has 1 aromatic carbocycles. The van der Waals surface area contributed by atoms with E-state index >= 15 is 0 Å². The van der Waals surface area contributed by atoms with Crippen molar-refractivity contribution in [1.82, 2.24) is 30.1 Å². The van der Waals surface area contributed by atoms with E-state index in [1.807, 2.05) is 23.7 Å². The molecular weight excluding hydrogens is 420 g/mol. The molecule has 176 valence electrons. The van der Waals surface area contributed by atoms with Gasteiger partial charge in [0.25, 0.3) is 5.56 Å². The number of nitrogens with zero attached hydrogens (tertiary/aromatic N) is 5. The van der Waals surface area contributed by atoms with Crippen molar-refractivity contribution in [3.63, 3.8) is 0 Å². The maximum atomic E-state index is 13.0. The van der Waals surface area contributed by atoms with Crippen molar-refractivity contribution >= 4 is 10.9 Å². The van der Waals surface area contributed by atoms with E-state index in [4.69, 9.17) is 9.47 Å². The quantitative estimate of drug-likeness (QED) is 0.561. The van der Waals surface area contributed by atoms with Gasteiger partial charge < -0.3 is 14.5 Å². The summed E-state index contributed by atoms with van der Waals surface area (Å²) in [6.07, 6.45) is 4.54. The highest BCUT2D eigenvalue weighted by Gasteiger charge is 2.24. The summed E-state index contributed by atoms with van der Waals surface area (Å²) in [5.41, 5.74) is 3.87. The van der Waals surface area contributed by atoms with Crippen LogP contribution in [-0.4, -0.2) is 62.1 Å². The number of aryl methyl sites for hydroxylation is 2. The number of tetrazole rings is 1. The number of benzene rings is 1. The Morgan fingerprint density at radius 2 is 1.88 bits per heavy atom. The van der Waals surface area contributed by atoms with Gasteiger partial charge >= 0.3 is 0 Å². The molecule has 9 heteroatoms. The number of H-pyrrole nitrogens is 1. The summed E-state index contributed by atoms with van der Waals surface area (Å²) in [6.45, 7) is 8.17. The minimum absolute atomic E-state index is 0.0520. The van der Waals surface area contributed by atoms with Crippen LogP contribution in [0.15, 0.2) is 23.0 Å². The average molecular weight is 453 g/mol. The van der Waals surface area contributed by atoms with E-state index in [9.17, 15) is 4.79 Å². The molecule has 0 spiro atoms. The molecule has 2 saturated heterocycles. The highest BCUT2D eigenvalue weighted by Crippen LogP contribution is 2.21. The zero-order valence-corrected chi connectivity index (χ0v) is 19.4. The van der Waals surface area contributed by atoms with Gasteiger partial charge in [-0.05, 0) is 73.2 Å². The molecule has 5 rings (SSSR count). The van der Waals surface area contributed by atoms with Gasteiger partial charge in [-0.3, -0.25) is 9.69 Å². The monoisotopic (exact) mass is 452 g/mol. The molecule has 0 unspecified atom stereocenters. The molecule has 0 radical (unpaired) electrons. The summed E-state index contributed by atoms with van der Waals surface area (Å²) in [7, 11) is 0. The fraction of sp³-hybridized carbons (Fsp3) is 0.583. The molecule has 0 bridgehead atoms. The van der Waals surface area contributed by atoms with Crippen LogP contribution in [0, 0.1) is 13.8 Å². The first-order chi connectivity index (χ1) is 16.0. The van der Waals surface area contributed by atoms with E-state index < -0.39 is 0 Å². The molecule has 4 heterocycles. The molecule has 0 amide bonds. The van der Waals surface area contributed by atoms with Crippen LogP contribution in [0.4, 0.5) is 0 Å². The molecule has 33 heavy (non-hydrogen) atoms. The Kier molecular flexibility index (Phi) is 6.52. The number of nitrogens with one attached hydrogen (secondary N) is 1. The van der Waals surface area contributed by atoms with Crippen LogP contribution < -0.4 is 5.56 Å². The molecule has 2 fully saturated rings. The largest absolute Gasteiger partial charge is 0.377 e. The first kappa shape index (κ1) is 22.2. The number of aromatic nitrogens is 5. The maximum Gasteiger partial charge on any atom is 0.252 e. The van der Waals surface area contributed by atoms with Gasteiger partial charge in [0.05, 0.1) is 25.3 Å². The van der Waals surface area contributed by atoms with E-state index in [0.717, 1.165) is 78.9 Å². The van der Waals surface area contributed by atoms with E-state index in [2.05, 4.69) is 38.4 Å². The second kappa shape index (κ2) is 9.70. The second-order valence-electron chi connectivity index (χ2n) is 9.38. The lowest BCUT2D eigenvalue weighted by Gasteiger charge is -2.25. The summed E-state index contributed by atoms with van der Waals surface area (Å²) >= 11 is 0. The highest BCUT2D eigenvalue weighted by atomic mass is 16.5. The molecular formula is C24H32N6O3. The Labute approximate surface area is 193 Å². The standard InChI is InChI=1S/C24H32N6O3/c1-16-9-17(2)21-11-18(24(31)25-22(21)10-16)12-29(13-19-5-3-7-32-19)15-23-26-27-28-30(23)14-20-6-4-8-33-20/h9-11,19-20H,3-8,12-15H2,1-2H3,(H,25,31)/t19-,20+/m0/s1. The minimum Gasteiger partial charge on any atom is -0.377 e. The number of hydrogen-bond donors (Lipinski definition) is 1. The molecule has 0 aliphatic carbocycles. The van der Waals surface area contributed by atoms with Crippen molar-refractivity contribution in [3.05, 3.63) is 51.1 Å². The van der Waals surface area contributed by atoms with Crippen LogP contribution in [0.2, 0.25) is 0 Å². The number of ether oxygens (including phenoxy) is 2.